The summed E-state index contributed by atoms with van der Waals surface area (Å²) in [7, 11) is 1.78. The number of benzene rings is 1. The van der Waals surface area contributed by atoms with E-state index in [1.165, 1.54) is 11.1 Å². The molecule has 0 saturated carbocycles. The number of amides is 1. The lowest BCUT2D eigenvalue weighted by Gasteiger charge is -2.23. The van der Waals surface area contributed by atoms with E-state index in [2.05, 4.69) is 62.6 Å². The molecule has 3 nitrogen and oxygen atoms in total. The fraction of sp³-hybridized carbons (Fsp3) is 0.562. The largest absolute Gasteiger partial charge is 0.348 e. The maximum absolute atomic E-state index is 11.7. The quantitative estimate of drug-likeness (QED) is 0.827. The Morgan fingerprint density at radius 1 is 1.05 bits per heavy atom. The predicted molar refractivity (Wildman–Crippen MR) is 80.2 cm³/mol. The molecule has 0 bridgehead atoms. The van der Waals surface area contributed by atoms with E-state index in [4.69, 9.17) is 0 Å². The minimum atomic E-state index is 0.0362. The molecular formula is C16H26N2O. The normalized spacial score (nSPS) is 12.8. The molecule has 106 valence electrons. The van der Waals surface area contributed by atoms with Gasteiger partial charge in [0.2, 0.25) is 5.91 Å². The highest BCUT2D eigenvalue weighted by molar-refractivity contribution is 5.78. The van der Waals surface area contributed by atoms with Crippen molar-refractivity contribution in [2.45, 2.75) is 39.7 Å². The molecule has 2 N–H and O–H groups in total. The standard InChI is InChI=1S/C16H26N2O/c1-11(2)13-6-8-14(9-7-13)16(12(3)4)18-15(19)10-17-5/h6-9,11-12,16-17H,10H2,1-5H3,(H,18,19). The molecule has 1 aromatic rings. The van der Waals surface area contributed by atoms with Gasteiger partial charge in [-0.25, -0.2) is 0 Å². The van der Waals surface area contributed by atoms with Crippen LogP contribution in [0.2, 0.25) is 0 Å². The van der Waals surface area contributed by atoms with E-state index in [1.807, 2.05) is 0 Å². The van der Waals surface area contributed by atoms with Crippen molar-refractivity contribution < 1.29 is 4.79 Å². The lowest BCUT2D eigenvalue weighted by molar-refractivity contribution is -0.121. The van der Waals surface area contributed by atoms with Gasteiger partial charge in [0, 0.05) is 0 Å². The first-order chi connectivity index (χ1) is 8.95. The Labute approximate surface area is 116 Å². The molecule has 3 heteroatoms. The highest BCUT2D eigenvalue weighted by atomic mass is 16.1. The van der Waals surface area contributed by atoms with Crippen LogP contribution in [0.15, 0.2) is 24.3 Å². The zero-order valence-electron chi connectivity index (χ0n) is 12.7. The summed E-state index contributed by atoms with van der Waals surface area (Å²) < 4.78 is 0. The molecule has 1 atom stereocenters. The molecule has 0 heterocycles. The molecule has 0 spiro atoms. The van der Waals surface area contributed by atoms with Crippen LogP contribution in [-0.2, 0) is 4.79 Å². The molecule has 0 aliphatic rings. The van der Waals surface area contributed by atoms with Crippen LogP contribution in [-0.4, -0.2) is 19.5 Å². The van der Waals surface area contributed by atoms with Crippen LogP contribution < -0.4 is 10.6 Å². The summed E-state index contributed by atoms with van der Waals surface area (Å²) in [5, 5.41) is 5.96. The topological polar surface area (TPSA) is 41.1 Å². The number of rotatable bonds is 6. The highest BCUT2D eigenvalue weighted by Crippen LogP contribution is 2.23. The van der Waals surface area contributed by atoms with Gasteiger partial charge in [0.05, 0.1) is 12.6 Å². The first kappa shape index (κ1) is 15.7. The van der Waals surface area contributed by atoms with Crippen LogP contribution in [0.3, 0.4) is 0 Å². The molecule has 1 rings (SSSR count). The van der Waals surface area contributed by atoms with Crippen molar-refractivity contribution in [3.63, 3.8) is 0 Å². The molecule has 0 aliphatic carbocycles. The Morgan fingerprint density at radius 3 is 2.00 bits per heavy atom. The Bertz CT molecular complexity index is 396. The van der Waals surface area contributed by atoms with Gasteiger partial charge in [-0.15, -0.1) is 0 Å². The van der Waals surface area contributed by atoms with Crippen molar-refractivity contribution in [2.24, 2.45) is 5.92 Å². The van der Waals surface area contributed by atoms with E-state index in [9.17, 15) is 4.79 Å². The number of carbonyl (C=O) groups is 1. The summed E-state index contributed by atoms with van der Waals surface area (Å²) in [5.41, 5.74) is 2.50. The number of carbonyl (C=O) groups excluding carboxylic acids is 1. The van der Waals surface area contributed by atoms with Gasteiger partial charge < -0.3 is 10.6 Å². The number of hydrogen-bond donors (Lipinski definition) is 2. The van der Waals surface area contributed by atoms with E-state index < -0.39 is 0 Å². The lowest BCUT2D eigenvalue weighted by Crippen LogP contribution is -2.37. The summed E-state index contributed by atoms with van der Waals surface area (Å²) in [6, 6.07) is 8.63. The maximum atomic E-state index is 11.7. The van der Waals surface area contributed by atoms with Gasteiger partial charge in [0.1, 0.15) is 0 Å². The van der Waals surface area contributed by atoms with Crippen molar-refractivity contribution in [1.82, 2.24) is 10.6 Å². The minimum absolute atomic E-state index is 0.0362. The molecule has 0 aliphatic heterocycles. The second-order valence-electron chi connectivity index (χ2n) is 5.64. The van der Waals surface area contributed by atoms with E-state index in [1.54, 1.807) is 7.05 Å². The third kappa shape index (κ3) is 4.67. The fourth-order valence-corrected chi connectivity index (χ4v) is 2.11. The van der Waals surface area contributed by atoms with Crippen molar-refractivity contribution >= 4 is 5.91 Å². The molecule has 0 aromatic heterocycles. The third-order valence-corrected chi connectivity index (χ3v) is 3.28. The van der Waals surface area contributed by atoms with Crippen molar-refractivity contribution in [1.29, 1.82) is 0 Å². The monoisotopic (exact) mass is 262 g/mol. The van der Waals surface area contributed by atoms with Gasteiger partial charge in [0.15, 0.2) is 0 Å². The van der Waals surface area contributed by atoms with E-state index in [0.717, 1.165) is 0 Å². The summed E-state index contributed by atoms with van der Waals surface area (Å²) in [4.78, 5) is 11.7. The number of nitrogens with one attached hydrogen (secondary N) is 2. The first-order valence-electron chi connectivity index (χ1n) is 6.99. The van der Waals surface area contributed by atoms with Gasteiger partial charge in [0.25, 0.3) is 0 Å². The Morgan fingerprint density at radius 2 is 1.58 bits per heavy atom. The van der Waals surface area contributed by atoms with Crippen molar-refractivity contribution in [3.05, 3.63) is 35.4 Å². The molecule has 19 heavy (non-hydrogen) atoms. The zero-order chi connectivity index (χ0) is 14.4. The maximum Gasteiger partial charge on any atom is 0.234 e. The molecular weight excluding hydrogens is 236 g/mol. The zero-order valence-corrected chi connectivity index (χ0v) is 12.7. The van der Waals surface area contributed by atoms with Gasteiger partial charge in [-0.05, 0) is 30.0 Å². The van der Waals surface area contributed by atoms with Crippen LogP contribution in [0, 0.1) is 5.92 Å². The molecule has 1 unspecified atom stereocenters. The van der Waals surface area contributed by atoms with E-state index >= 15 is 0 Å². The highest BCUT2D eigenvalue weighted by Gasteiger charge is 2.17. The number of hydrogen-bond acceptors (Lipinski definition) is 2. The second kappa shape index (κ2) is 7.29. The Kier molecular flexibility index (Phi) is 6.03. The second-order valence-corrected chi connectivity index (χ2v) is 5.64. The smallest absolute Gasteiger partial charge is 0.234 e. The van der Waals surface area contributed by atoms with Crippen molar-refractivity contribution in [3.8, 4) is 0 Å². The molecule has 0 saturated heterocycles. The summed E-state index contributed by atoms with van der Waals surface area (Å²) >= 11 is 0. The van der Waals surface area contributed by atoms with Crippen LogP contribution >= 0.6 is 0 Å². The van der Waals surface area contributed by atoms with E-state index in [-0.39, 0.29) is 11.9 Å². The third-order valence-electron chi connectivity index (χ3n) is 3.28. The van der Waals surface area contributed by atoms with Crippen LogP contribution in [0.4, 0.5) is 0 Å². The molecule has 1 aromatic carbocycles. The van der Waals surface area contributed by atoms with Gasteiger partial charge in [-0.2, -0.15) is 0 Å². The molecule has 0 radical (unpaired) electrons. The predicted octanol–water partition coefficient (Wildman–Crippen LogP) is 2.84. The molecule has 0 fully saturated rings. The van der Waals surface area contributed by atoms with Crippen LogP contribution in [0.5, 0.6) is 0 Å². The SMILES string of the molecule is CNCC(=O)NC(c1ccc(C(C)C)cc1)C(C)C. The first-order valence-corrected chi connectivity index (χ1v) is 6.99. The Balaban J connectivity index is 2.84. The van der Waals surface area contributed by atoms with Gasteiger partial charge in [-0.1, -0.05) is 52.0 Å². The van der Waals surface area contributed by atoms with Crippen LogP contribution in [0.1, 0.15) is 50.8 Å². The van der Waals surface area contributed by atoms with Crippen molar-refractivity contribution in [2.75, 3.05) is 13.6 Å². The lowest BCUT2D eigenvalue weighted by atomic mass is 9.93. The molecule has 1 amide bonds. The van der Waals surface area contributed by atoms with Gasteiger partial charge in [-0.3, -0.25) is 4.79 Å². The fourth-order valence-electron chi connectivity index (χ4n) is 2.11. The summed E-state index contributed by atoms with van der Waals surface area (Å²) in [6.45, 7) is 8.97. The summed E-state index contributed by atoms with van der Waals surface area (Å²) in [5.74, 6) is 0.935. The van der Waals surface area contributed by atoms with E-state index in [0.29, 0.717) is 18.4 Å². The summed E-state index contributed by atoms with van der Waals surface area (Å²) in [6.07, 6.45) is 0. The number of likely N-dealkylation sites (N-methyl/N-ethyl adjacent to an activating group) is 1. The average molecular weight is 262 g/mol. The van der Waals surface area contributed by atoms with Crippen LogP contribution in [0.25, 0.3) is 0 Å². The minimum Gasteiger partial charge on any atom is -0.348 e. The average Bonchev–Trinajstić information content (AvgIpc) is 2.36. The van der Waals surface area contributed by atoms with Gasteiger partial charge >= 0.3 is 0 Å². The Hall–Kier alpha value is -1.35.